The minimum atomic E-state index is -3.84. The molecule has 1 saturated carbocycles. The molecule has 0 aromatic rings. The van der Waals surface area contributed by atoms with Crippen LogP contribution in [0.1, 0.15) is 40.0 Å². The number of hydrogen-bond donors (Lipinski definition) is 1. The molecule has 3 unspecified atom stereocenters. The number of rotatable bonds is 3. The monoisotopic (exact) mass is 250 g/mol. The molecule has 0 saturated heterocycles. The smallest absolute Gasteiger partial charge is 0.380 e. The van der Waals surface area contributed by atoms with Crippen LogP contribution in [0, 0.1) is 11.8 Å². The Hall–Kier alpha value is -0.710. The molecule has 100 valence electrons. The van der Waals surface area contributed by atoms with Crippen molar-refractivity contribution in [1.29, 1.82) is 0 Å². The lowest BCUT2D eigenvalue weighted by atomic mass is 9.69. The van der Waals surface area contributed by atoms with E-state index in [9.17, 15) is 18.7 Å². The lowest BCUT2D eigenvalue weighted by molar-refractivity contribution is -0.237. The van der Waals surface area contributed by atoms with E-state index in [2.05, 4.69) is 4.74 Å². The van der Waals surface area contributed by atoms with Crippen molar-refractivity contribution in [1.82, 2.24) is 0 Å². The number of halogens is 2. The van der Waals surface area contributed by atoms with Gasteiger partial charge in [-0.05, 0) is 31.6 Å². The summed E-state index contributed by atoms with van der Waals surface area (Å²) in [6, 6.07) is 0. The molecule has 0 bridgehead atoms. The van der Waals surface area contributed by atoms with Crippen molar-refractivity contribution in [2.75, 3.05) is 6.61 Å². The molecule has 5 heteroatoms. The van der Waals surface area contributed by atoms with Gasteiger partial charge in [-0.15, -0.1) is 0 Å². The molecule has 1 aliphatic carbocycles. The van der Waals surface area contributed by atoms with Crippen LogP contribution in [0.2, 0.25) is 0 Å². The van der Waals surface area contributed by atoms with Gasteiger partial charge < -0.3 is 9.84 Å². The van der Waals surface area contributed by atoms with E-state index >= 15 is 0 Å². The number of ether oxygens (including phenoxy) is 1. The van der Waals surface area contributed by atoms with E-state index < -0.39 is 23.4 Å². The maximum Gasteiger partial charge on any atom is 0.380 e. The largest absolute Gasteiger partial charge is 0.461 e. The van der Waals surface area contributed by atoms with Gasteiger partial charge in [0.15, 0.2) is 0 Å². The van der Waals surface area contributed by atoms with Gasteiger partial charge in [-0.2, -0.15) is 8.78 Å². The van der Waals surface area contributed by atoms with Crippen LogP contribution in [0.15, 0.2) is 0 Å². The lowest BCUT2D eigenvalue weighted by Gasteiger charge is -2.44. The van der Waals surface area contributed by atoms with Crippen LogP contribution in [0.25, 0.3) is 0 Å². The quantitative estimate of drug-likeness (QED) is 0.782. The molecule has 0 heterocycles. The van der Waals surface area contributed by atoms with Gasteiger partial charge in [0.25, 0.3) is 0 Å². The van der Waals surface area contributed by atoms with Crippen molar-refractivity contribution in [3.63, 3.8) is 0 Å². The first kappa shape index (κ1) is 14.4. The summed E-state index contributed by atoms with van der Waals surface area (Å²) in [5, 5.41) is 10.2. The van der Waals surface area contributed by atoms with E-state index in [1.165, 1.54) is 6.92 Å². The van der Waals surface area contributed by atoms with Gasteiger partial charge in [0.2, 0.25) is 0 Å². The second kappa shape index (κ2) is 4.88. The molecule has 0 amide bonds. The molecule has 17 heavy (non-hydrogen) atoms. The second-order valence-corrected chi connectivity index (χ2v) is 5.01. The highest BCUT2D eigenvalue weighted by atomic mass is 19.3. The Labute approximate surface area is 100 Å². The van der Waals surface area contributed by atoms with Crippen molar-refractivity contribution >= 4 is 5.97 Å². The fourth-order valence-electron chi connectivity index (χ4n) is 2.44. The summed E-state index contributed by atoms with van der Waals surface area (Å²) in [7, 11) is 0. The Balaban J connectivity index is 2.96. The highest BCUT2D eigenvalue weighted by Crippen LogP contribution is 2.46. The molecular weight excluding hydrogens is 230 g/mol. The molecule has 0 aromatic heterocycles. The molecule has 3 nitrogen and oxygen atoms in total. The highest BCUT2D eigenvalue weighted by molar-refractivity contribution is 5.79. The highest BCUT2D eigenvalue weighted by Gasteiger charge is 2.63. The summed E-state index contributed by atoms with van der Waals surface area (Å²) in [4.78, 5) is 11.3. The zero-order valence-corrected chi connectivity index (χ0v) is 10.5. The first-order valence-electron chi connectivity index (χ1n) is 6.03. The number of carbonyl (C=O) groups excluding carboxylic acids is 1. The zero-order valence-electron chi connectivity index (χ0n) is 10.5. The Morgan fingerprint density at radius 3 is 2.59 bits per heavy atom. The van der Waals surface area contributed by atoms with E-state index in [4.69, 9.17) is 0 Å². The molecule has 0 radical (unpaired) electrons. The number of carbonyl (C=O) groups is 1. The van der Waals surface area contributed by atoms with E-state index in [-0.39, 0.29) is 18.9 Å². The summed E-state index contributed by atoms with van der Waals surface area (Å²) in [5.41, 5.74) is -2.28. The van der Waals surface area contributed by atoms with Gasteiger partial charge in [-0.1, -0.05) is 20.3 Å². The Bertz CT molecular complexity index is 293. The van der Waals surface area contributed by atoms with Crippen LogP contribution in [0.4, 0.5) is 8.78 Å². The average Bonchev–Trinajstić information content (AvgIpc) is 2.24. The standard InChI is InChI=1S/C12H20F2O3/c1-4-17-10(15)12(13,14)11(16)7-8(2)5-6-9(11)3/h8-9,16H,4-7H2,1-3H3. The topological polar surface area (TPSA) is 46.5 Å². The van der Waals surface area contributed by atoms with Crippen molar-refractivity contribution in [3.05, 3.63) is 0 Å². The van der Waals surface area contributed by atoms with Gasteiger partial charge >= 0.3 is 11.9 Å². The molecule has 1 rings (SSSR count). The third-order valence-electron chi connectivity index (χ3n) is 3.64. The fraction of sp³-hybridized carbons (Fsp3) is 0.917. The van der Waals surface area contributed by atoms with Crippen LogP contribution >= 0.6 is 0 Å². The first-order chi connectivity index (χ1) is 7.75. The lowest BCUT2D eigenvalue weighted by Crippen LogP contribution is -2.59. The molecule has 1 aliphatic rings. The van der Waals surface area contributed by atoms with E-state index in [0.717, 1.165) is 6.42 Å². The summed E-state index contributed by atoms with van der Waals surface area (Å²) in [6.45, 7) is 4.70. The molecule has 1 fully saturated rings. The van der Waals surface area contributed by atoms with Crippen LogP contribution in [-0.4, -0.2) is 29.2 Å². The van der Waals surface area contributed by atoms with E-state index in [0.29, 0.717) is 6.42 Å². The van der Waals surface area contributed by atoms with Crippen molar-refractivity contribution in [2.45, 2.75) is 51.6 Å². The van der Waals surface area contributed by atoms with Crippen LogP contribution in [0.3, 0.4) is 0 Å². The van der Waals surface area contributed by atoms with Crippen LogP contribution in [0.5, 0.6) is 0 Å². The van der Waals surface area contributed by atoms with Gasteiger partial charge in [-0.3, -0.25) is 0 Å². The molecule has 3 atom stereocenters. The van der Waals surface area contributed by atoms with Crippen LogP contribution in [-0.2, 0) is 9.53 Å². The SMILES string of the molecule is CCOC(=O)C(F)(F)C1(O)CC(C)CCC1C. The minimum absolute atomic E-state index is 0.0171. The van der Waals surface area contributed by atoms with Crippen LogP contribution < -0.4 is 0 Å². The van der Waals surface area contributed by atoms with Gasteiger partial charge in [0.1, 0.15) is 5.60 Å². The Kier molecular flexibility index (Phi) is 4.12. The average molecular weight is 250 g/mol. The molecule has 0 spiro atoms. The minimum Gasteiger partial charge on any atom is -0.461 e. The Morgan fingerprint density at radius 2 is 2.06 bits per heavy atom. The number of esters is 1. The van der Waals surface area contributed by atoms with Gasteiger partial charge in [0, 0.05) is 0 Å². The third-order valence-corrected chi connectivity index (χ3v) is 3.64. The maximum absolute atomic E-state index is 14.0. The second-order valence-electron chi connectivity index (χ2n) is 5.01. The maximum atomic E-state index is 14.0. The molecular formula is C12H20F2O3. The van der Waals surface area contributed by atoms with Gasteiger partial charge in [0.05, 0.1) is 6.61 Å². The number of hydrogen-bond acceptors (Lipinski definition) is 3. The number of aliphatic hydroxyl groups is 1. The third kappa shape index (κ3) is 2.44. The van der Waals surface area contributed by atoms with E-state index in [1.807, 2.05) is 0 Å². The molecule has 1 N–H and O–H groups in total. The normalized spacial score (nSPS) is 34.5. The summed E-state index contributed by atoms with van der Waals surface area (Å²) in [6.07, 6.45) is 1.22. The Morgan fingerprint density at radius 1 is 1.47 bits per heavy atom. The zero-order chi connectivity index (χ0) is 13.3. The molecule has 0 aromatic carbocycles. The van der Waals surface area contributed by atoms with Crippen molar-refractivity contribution < 1.29 is 23.4 Å². The predicted octanol–water partition coefficient (Wildman–Crippen LogP) is 2.37. The summed E-state index contributed by atoms with van der Waals surface area (Å²) >= 11 is 0. The van der Waals surface area contributed by atoms with Crippen molar-refractivity contribution in [3.8, 4) is 0 Å². The predicted molar refractivity (Wildman–Crippen MR) is 58.7 cm³/mol. The summed E-state index contributed by atoms with van der Waals surface area (Å²) < 4.78 is 32.3. The van der Waals surface area contributed by atoms with E-state index in [1.54, 1.807) is 13.8 Å². The first-order valence-corrected chi connectivity index (χ1v) is 6.03. The van der Waals surface area contributed by atoms with Gasteiger partial charge in [-0.25, -0.2) is 4.79 Å². The fourth-order valence-corrected chi connectivity index (χ4v) is 2.44. The molecule has 0 aliphatic heterocycles. The van der Waals surface area contributed by atoms with Crippen molar-refractivity contribution in [2.24, 2.45) is 11.8 Å². The summed E-state index contributed by atoms with van der Waals surface area (Å²) in [5.74, 6) is -6.09. The number of alkyl halides is 2.